The van der Waals surface area contributed by atoms with E-state index < -0.39 is 0 Å². The van der Waals surface area contributed by atoms with E-state index in [1.807, 2.05) is 37.4 Å². The Morgan fingerprint density at radius 2 is 2.06 bits per heavy atom. The van der Waals surface area contributed by atoms with E-state index in [-0.39, 0.29) is 0 Å². The molecule has 0 atom stereocenters. The van der Waals surface area contributed by atoms with Gasteiger partial charge >= 0.3 is 0 Å². The molecule has 0 aliphatic carbocycles. The van der Waals surface area contributed by atoms with Gasteiger partial charge in [-0.3, -0.25) is 0 Å². The first-order valence-electron chi connectivity index (χ1n) is 5.85. The third-order valence-electron chi connectivity index (χ3n) is 2.93. The number of benzene rings is 1. The number of hydrogen-bond acceptors (Lipinski definition) is 4. The van der Waals surface area contributed by atoms with Gasteiger partial charge in [0.15, 0.2) is 0 Å². The molecule has 0 spiro atoms. The summed E-state index contributed by atoms with van der Waals surface area (Å²) in [6.45, 7) is 1.16. The molecule has 0 unspecified atom stereocenters. The Morgan fingerprint density at radius 3 is 2.78 bits per heavy atom. The van der Waals surface area contributed by atoms with Gasteiger partial charge in [0.1, 0.15) is 11.5 Å². The topological polar surface area (TPSA) is 51.6 Å². The number of ether oxygens (including phenoxy) is 1. The largest absolute Gasteiger partial charge is 0.495 e. The van der Waals surface area contributed by atoms with Crippen LogP contribution in [0.3, 0.4) is 0 Å². The molecule has 4 nitrogen and oxygen atoms in total. The van der Waals surface area contributed by atoms with Gasteiger partial charge in [-0.05, 0) is 18.2 Å². The van der Waals surface area contributed by atoms with Gasteiger partial charge in [0, 0.05) is 19.2 Å². The normalized spacial score (nSPS) is 10.4. The van der Waals surface area contributed by atoms with Crippen LogP contribution in [-0.2, 0) is 13.1 Å². The molecular formula is C14H18N2O2. The number of nitrogens with two attached hydrogens (primary N) is 1. The zero-order chi connectivity index (χ0) is 13.0. The first-order valence-corrected chi connectivity index (χ1v) is 5.85. The molecule has 96 valence electrons. The lowest BCUT2D eigenvalue weighted by Gasteiger charge is -2.21. The molecule has 1 aromatic heterocycles. The summed E-state index contributed by atoms with van der Waals surface area (Å²) in [6, 6.07) is 9.81. The fourth-order valence-corrected chi connectivity index (χ4v) is 1.93. The Balaban J connectivity index is 2.19. The van der Waals surface area contributed by atoms with Crippen LogP contribution in [0.5, 0.6) is 5.75 Å². The fraction of sp³-hybridized carbons (Fsp3) is 0.286. The molecule has 0 bridgehead atoms. The molecule has 0 saturated heterocycles. The Bertz CT molecular complexity index is 508. The molecule has 0 aliphatic heterocycles. The van der Waals surface area contributed by atoms with E-state index in [1.165, 1.54) is 0 Å². The third kappa shape index (κ3) is 2.49. The van der Waals surface area contributed by atoms with Gasteiger partial charge in [-0.1, -0.05) is 12.1 Å². The summed E-state index contributed by atoms with van der Waals surface area (Å²) in [4.78, 5) is 2.08. The second kappa shape index (κ2) is 5.60. The molecule has 0 fully saturated rings. The number of furan rings is 1. The number of nitrogens with zero attached hydrogens (tertiary/aromatic N) is 1. The van der Waals surface area contributed by atoms with Gasteiger partial charge in [-0.2, -0.15) is 0 Å². The molecule has 18 heavy (non-hydrogen) atoms. The van der Waals surface area contributed by atoms with Crippen molar-refractivity contribution in [3.8, 4) is 5.75 Å². The van der Waals surface area contributed by atoms with Crippen LogP contribution in [-0.4, -0.2) is 14.2 Å². The summed E-state index contributed by atoms with van der Waals surface area (Å²) in [5, 5.41) is 0. The van der Waals surface area contributed by atoms with E-state index in [1.54, 1.807) is 13.4 Å². The smallest absolute Gasteiger partial charge is 0.142 e. The van der Waals surface area contributed by atoms with E-state index in [9.17, 15) is 0 Å². The fourth-order valence-electron chi connectivity index (χ4n) is 1.93. The highest BCUT2D eigenvalue weighted by Crippen LogP contribution is 2.28. The van der Waals surface area contributed by atoms with Crippen molar-refractivity contribution < 1.29 is 9.15 Å². The summed E-state index contributed by atoms with van der Waals surface area (Å²) in [7, 11) is 3.67. The number of anilines is 1. The van der Waals surface area contributed by atoms with E-state index in [4.69, 9.17) is 14.9 Å². The van der Waals surface area contributed by atoms with Crippen LogP contribution in [0.2, 0.25) is 0 Å². The molecule has 0 aliphatic rings. The maximum Gasteiger partial charge on any atom is 0.142 e. The van der Waals surface area contributed by atoms with Gasteiger partial charge in [-0.15, -0.1) is 0 Å². The summed E-state index contributed by atoms with van der Waals surface area (Å²) < 4.78 is 10.8. The molecule has 2 N–H and O–H groups in total. The number of rotatable bonds is 5. The van der Waals surface area contributed by atoms with E-state index in [0.29, 0.717) is 13.1 Å². The van der Waals surface area contributed by atoms with Crippen molar-refractivity contribution >= 4 is 5.69 Å². The Hall–Kier alpha value is -1.94. The lowest BCUT2D eigenvalue weighted by Crippen LogP contribution is -2.18. The minimum absolute atomic E-state index is 0.492. The molecule has 1 aromatic carbocycles. The van der Waals surface area contributed by atoms with Crippen molar-refractivity contribution in [1.82, 2.24) is 0 Å². The minimum atomic E-state index is 0.492. The van der Waals surface area contributed by atoms with Crippen LogP contribution >= 0.6 is 0 Å². The lowest BCUT2D eigenvalue weighted by molar-refractivity contribution is 0.414. The van der Waals surface area contributed by atoms with Crippen LogP contribution in [0.1, 0.15) is 11.3 Å². The van der Waals surface area contributed by atoms with Crippen molar-refractivity contribution in [2.45, 2.75) is 13.1 Å². The highest BCUT2D eigenvalue weighted by Gasteiger charge is 2.11. The second-order valence-electron chi connectivity index (χ2n) is 4.10. The van der Waals surface area contributed by atoms with Crippen LogP contribution in [0.4, 0.5) is 5.69 Å². The number of para-hydroxylation sites is 2. The van der Waals surface area contributed by atoms with Crippen LogP contribution in [0.15, 0.2) is 41.0 Å². The zero-order valence-corrected chi connectivity index (χ0v) is 10.7. The summed E-state index contributed by atoms with van der Waals surface area (Å²) >= 11 is 0. The third-order valence-corrected chi connectivity index (χ3v) is 2.93. The summed E-state index contributed by atoms with van der Waals surface area (Å²) in [6.07, 6.45) is 1.67. The molecule has 2 aromatic rings. The van der Waals surface area contributed by atoms with Crippen molar-refractivity contribution in [1.29, 1.82) is 0 Å². The SMILES string of the molecule is COc1ccccc1N(C)Cc1occc1CN. The lowest BCUT2D eigenvalue weighted by atomic mass is 10.2. The molecular weight excluding hydrogens is 228 g/mol. The zero-order valence-electron chi connectivity index (χ0n) is 10.7. The Morgan fingerprint density at radius 1 is 1.28 bits per heavy atom. The molecule has 1 heterocycles. The predicted molar refractivity (Wildman–Crippen MR) is 71.7 cm³/mol. The maximum absolute atomic E-state index is 5.66. The molecule has 4 heteroatoms. The van der Waals surface area contributed by atoms with Crippen LogP contribution in [0, 0.1) is 0 Å². The second-order valence-corrected chi connectivity index (χ2v) is 4.10. The van der Waals surface area contributed by atoms with E-state index >= 15 is 0 Å². The molecule has 0 radical (unpaired) electrons. The first kappa shape index (κ1) is 12.5. The summed E-state index contributed by atoms with van der Waals surface area (Å²) in [5.41, 5.74) is 7.73. The van der Waals surface area contributed by atoms with Crippen molar-refractivity contribution in [2.24, 2.45) is 5.73 Å². The summed E-state index contributed by atoms with van der Waals surface area (Å²) in [5.74, 6) is 1.74. The quantitative estimate of drug-likeness (QED) is 0.880. The van der Waals surface area contributed by atoms with E-state index in [2.05, 4.69) is 4.90 Å². The highest BCUT2D eigenvalue weighted by atomic mass is 16.5. The van der Waals surface area contributed by atoms with Crippen LogP contribution < -0.4 is 15.4 Å². The maximum atomic E-state index is 5.66. The number of hydrogen-bond donors (Lipinski definition) is 1. The number of methoxy groups -OCH3 is 1. The van der Waals surface area contributed by atoms with Gasteiger partial charge < -0.3 is 19.8 Å². The first-order chi connectivity index (χ1) is 8.76. The average Bonchev–Trinajstić information content (AvgIpc) is 2.85. The molecule has 0 amide bonds. The van der Waals surface area contributed by atoms with Crippen molar-refractivity contribution in [3.05, 3.63) is 47.9 Å². The Kier molecular flexibility index (Phi) is 3.89. The standard InChI is InChI=1S/C14H18N2O2/c1-16(10-14-11(9-15)7-8-18-14)12-5-3-4-6-13(12)17-2/h3-8H,9-10,15H2,1-2H3. The van der Waals surface area contributed by atoms with Crippen molar-refractivity contribution in [3.63, 3.8) is 0 Å². The van der Waals surface area contributed by atoms with Crippen molar-refractivity contribution in [2.75, 3.05) is 19.1 Å². The van der Waals surface area contributed by atoms with Gasteiger partial charge in [0.25, 0.3) is 0 Å². The monoisotopic (exact) mass is 246 g/mol. The van der Waals surface area contributed by atoms with E-state index in [0.717, 1.165) is 22.8 Å². The van der Waals surface area contributed by atoms with Crippen LogP contribution in [0.25, 0.3) is 0 Å². The highest BCUT2D eigenvalue weighted by molar-refractivity contribution is 5.57. The average molecular weight is 246 g/mol. The molecule has 2 rings (SSSR count). The van der Waals surface area contributed by atoms with Gasteiger partial charge in [-0.25, -0.2) is 0 Å². The van der Waals surface area contributed by atoms with Gasteiger partial charge in [0.05, 0.1) is 25.6 Å². The van der Waals surface area contributed by atoms with Gasteiger partial charge in [0.2, 0.25) is 0 Å². The predicted octanol–water partition coefficient (Wildman–Crippen LogP) is 2.38. The Labute approximate surface area is 107 Å². The molecule has 0 saturated carbocycles. The minimum Gasteiger partial charge on any atom is -0.495 e.